The van der Waals surface area contributed by atoms with Gasteiger partial charge < -0.3 is 4.74 Å². The van der Waals surface area contributed by atoms with Crippen molar-refractivity contribution < 1.29 is 13.2 Å². The van der Waals surface area contributed by atoms with Crippen LogP contribution in [0.2, 0.25) is 0 Å². The van der Waals surface area contributed by atoms with E-state index in [0.717, 1.165) is 38.4 Å². The summed E-state index contributed by atoms with van der Waals surface area (Å²) in [7, 11) is -1.92. The zero-order valence-electron chi connectivity index (χ0n) is 14.3. The second-order valence-corrected chi connectivity index (χ2v) is 7.89. The Bertz CT molecular complexity index is 770. The van der Waals surface area contributed by atoms with Crippen LogP contribution >= 0.6 is 0 Å². The predicted octanol–water partition coefficient (Wildman–Crippen LogP) is 1.16. The minimum absolute atomic E-state index is 0.183. The first-order valence-corrected chi connectivity index (χ1v) is 9.89. The summed E-state index contributed by atoms with van der Waals surface area (Å²) in [5.41, 5.74) is 0.961. The lowest BCUT2D eigenvalue weighted by atomic mass is 10.0. The number of nitrogens with one attached hydrogen (secondary N) is 1. The lowest BCUT2D eigenvalue weighted by Crippen LogP contribution is -2.39. The molecule has 0 spiro atoms. The molecule has 7 nitrogen and oxygen atoms in total. The lowest BCUT2D eigenvalue weighted by Gasteiger charge is -2.28. The maximum absolute atomic E-state index is 12.7. The first-order valence-electron chi connectivity index (χ1n) is 8.40. The van der Waals surface area contributed by atoms with Crippen molar-refractivity contribution in [3.8, 4) is 0 Å². The fourth-order valence-electron chi connectivity index (χ4n) is 2.91. The van der Waals surface area contributed by atoms with E-state index in [2.05, 4.69) is 14.7 Å². The molecule has 1 unspecified atom stereocenters. The number of benzene rings is 1. The number of aromatic nitrogens is 2. The summed E-state index contributed by atoms with van der Waals surface area (Å²) in [5.74, 6) is 0. The average Bonchev–Trinajstić information content (AvgIpc) is 3.08. The van der Waals surface area contributed by atoms with E-state index in [9.17, 15) is 8.42 Å². The quantitative estimate of drug-likeness (QED) is 0.798. The van der Waals surface area contributed by atoms with E-state index in [1.165, 1.54) is 17.1 Å². The molecule has 8 heteroatoms. The second-order valence-electron chi connectivity index (χ2n) is 6.18. The van der Waals surface area contributed by atoms with Gasteiger partial charge in [0.2, 0.25) is 10.0 Å². The Morgan fingerprint density at radius 2 is 1.96 bits per heavy atom. The Kier molecular flexibility index (Phi) is 5.85. The number of hydrogen-bond donors (Lipinski definition) is 1. The van der Waals surface area contributed by atoms with Crippen molar-refractivity contribution in [2.75, 3.05) is 32.8 Å². The number of rotatable bonds is 7. The molecule has 1 aliphatic rings. The zero-order chi connectivity index (χ0) is 17.7. The van der Waals surface area contributed by atoms with Crippen molar-refractivity contribution >= 4 is 10.0 Å². The van der Waals surface area contributed by atoms with Gasteiger partial charge in [-0.25, -0.2) is 13.1 Å². The third-order valence-corrected chi connectivity index (χ3v) is 5.75. The fraction of sp³-hybridized carbons (Fsp3) is 0.471. The van der Waals surface area contributed by atoms with E-state index in [0.29, 0.717) is 6.42 Å². The maximum Gasteiger partial charge on any atom is 0.244 e. The highest BCUT2D eigenvalue weighted by Gasteiger charge is 2.23. The van der Waals surface area contributed by atoms with Crippen molar-refractivity contribution in [3.63, 3.8) is 0 Å². The maximum atomic E-state index is 12.7. The first-order chi connectivity index (χ1) is 12.0. The lowest BCUT2D eigenvalue weighted by molar-refractivity contribution is 0.0364. The molecule has 2 aromatic rings. The minimum atomic E-state index is -3.62. The smallest absolute Gasteiger partial charge is 0.244 e. The molecule has 0 saturated carbocycles. The highest BCUT2D eigenvalue weighted by Crippen LogP contribution is 2.21. The number of sulfonamides is 1. The molecule has 1 saturated heterocycles. The topological polar surface area (TPSA) is 76.5 Å². The van der Waals surface area contributed by atoms with Gasteiger partial charge in [0, 0.05) is 38.9 Å². The molecule has 0 amide bonds. The van der Waals surface area contributed by atoms with E-state index >= 15 is 0 Å². The molecule has 136 valence electrons. The van der Waals surface area contributed by atoms with Crippen LogP contribution in [0.25, 0.3) is 0 Å². The van der Waals surface area contributed by atoms with Gasteiger partial charge in [-0.3, -0.25) is 9.58 Å². The summed E-state index contributed by atoms with van der Waals surface area (Å²) in [6.45, 7) is 4.06. The predicted molar refractivity (Wildman–Crippen MR) is 94.6 cm³/mol. The van der Waals surface area contributed by atoms with Crippen molar-refractivity contribution in [2.45, 2.75) is 17.4 Å². The van der Waals surface area contributed by atoms with E-state index in [1.807, 2.05) is 30.3 Å². The molecule has 1 aromatic heterocycles. The van der Waals surface area contributed by atoms with Crippen LogP contribution in [0.15, 0.2) is 47.6 Å². The SMILES string of the molecule is Cn1cc(S(=O)(=O)NC(CCN2CCOCC2)c2ccccc2)cn1. The molecule has 1 aliphatic heterocycles. The van der Waals surface area contributed by atoms with Crippen molar-refractivity contribution in [2.24, 2.45) is 7.05 Å². The molecule has 1 fully saturated rings. The van der Waals surface area contributed by atoms with Crippen molar-refractivity contribution in [3.05, 3.63) is 48.3 Å². The van der Waals surface area contributed by atoms with Gasteiger partial charge >= 0.3 is 0 Å². The van der Waals surface area contributed by atoms with Crippen LogP contribution in [0.5, 0.6) is 0 Å². The van der Waals surface area contributed by atoms with E-state index < -0.39 is 10.0 Å². The molecule has 0 aliphatic carbocycles. The van der Waals surface area contributed by atoms with Crippen LogP contribution < -0.4 is 4.72 Å². The van der Waals surface area contributed by atoms with Gasteiger partial charge in [-0.05, 0) is 12.0 Å². The average molecular weight is 364 g/mol. The molecular formula is C17H24N4O3S. The van der Waals surface area contributed by atoms with Crippen LogP contribution in [0.4, 0.5) is 0 Å². The Hall–Kier alpha value is -1.74. The molecule has 1 aromatic carbocycles. The van der Waals surface area contributed by atoms with Crippen LogP contribution in [0.3, 0.4) is 0 Å². The summed E-state index contributed by atoms with van der Waals surface area (Å²) in [5, 5.41) is 3.96. The Morgan fingerprint density at radius 3 is 2.60 bits per heavy atom. The third kappa shape index (κ3) is 4.88. The highest BCUT2D eigenvalue weighted by molar-refractivity contribution is 7.89. The fourth-order valence-corrected chi connectivity index (χ4v) is 4.15. The van der Waals surface area contributed by atoms with E-state index in [1.54, 1.807) is 7.05 Å². The molecule has 0 bridgehead atoms. The third-order valence-electron chi connectivity index (χ3n) is 4.33. The molecule has 2 heterocycles. The normalized spacial score (nSPS) is 17.5. The summed E-state index contributed by atoms with van der Waals surface area (Å²) >= 11 is 0. The number of morpholine rings is 1. The Labute approximate surface area is 148 Å². The summed E-state index contributed by atoms with van der Waals surface area (Å²) in [6, 6.07) is 9.41. The van der Waals surface area contributed by atoms with Crippen molar-refractivity contribution in [1.29, 1.82) is 0 Å². The highest BCUT2D eigenvalue weighted by atomic mass is 32.2. The largest absolute Gasteiger partial charge is 0.379 e. The zero-order valence-corrected chi connectivity index (χ0v) is 15.2. The first kappa shape index (κ1) is 18.1. The van der Waals surface area contributed by atoms with Crippen LogP contribution in [-0.2, 0) is 21.8 Å². The monoisotopic (exact) mass is 364 g/mol. The number of ether oxygens (including phenoxy) is 1. The molecule has 25 heavy (non-hydrogen) atoms. The number of hydrogen-bond acceptors (Lipinski definition) is 5. The van der Waals surface area contributed by atoms with Gasteiger partial charge in [0.25, 0.3) is 0 Å². The number of aryl methyl sites for hydroxylation is 1. The Balaban J connectivity index is 1.74. The van der Waals surface area contributed by atoms with Gasteiger partial charge in [0.15, 0.2) is 0 Å². The van der Waals surface area contributed by atoms with Gasteiger partial charge in [-0.2, -0.15) is 5.10 Å². The standard InChI is InChI=1S/C17H24N4O3S/c1-20-14-16(13-18-20)25(22,23)19-17(15-5-3-2-4-6-15)7-8-21-9-11-24-12-10-21/h2-6,13-14,17,19H,7-12H2,1H3. The summed E-state index contributed by atoms with van der Waals surface area (Å²) in [6.07, 6.45) is 3.57. The summed E-state index contributed by atoms with van der Waals surface area (Å²) < 4.78 is 35.1. The molecule has 0 radical (unpaired) electrons. The van der Waals surface area contributed by atoms with Crippen LogP contribution in [0, 0.1) is 0 Å². The van der Waals surface area contributed by atoms with Crippen LogP contribution in [0.1, 0.15) is 18.0 Å². The van der Waals surface area contributed by atoms with E-state index in [-0.39, 0.29) is 10.9 Å². The van der Waals surface area contributed by atoms with Crippen molar-refractivity contribution in [1.82, 2.24) is 19.4 Å². The number of nitrogens with zero attached hydrogens (tertiary/aromatic N) is 3. The van der Waals surface area contributed by atoms with Gasteiger partial charge in [0.1, 0.15) is 4.90 Å². The van der Waals surface area contributed by atoms with Gasteiger partial charge in [-0.15, -0.1) is 0 Å². The van der Waals surface area contributed by atoms with Crippen LogP contribution in [-0.4, -0.2) is 55.9 Å². The minimum Gasteiger partial charge on any atom is -0.379 e. The van der Waals surface area contributed by atoms with Gasteiger partial charge in [-0.1, -0.05) is 30.3 Å². The van der Waals surface area contributed by atoms with Gasteiger partial charge in [0.05, 0.1) is 19.4 Å². The molecule has 1 N–H and O–H groups in total. The Morgan fingerprint density at radius 1 is 1.24 bits per heavy atom. The summed E-state index contributed by atoms with van der Waals surface area (Å²) in [4.78, 5) is 2.49. The second kappa shape index (κ2) is 8.09. The molecular weight excluding hydrogens is 340 g/mol. The molecule has 1 atom stereocenters. The van der Waals surface area contributed by atoms with E-state index in [4.69, 9.17) is 4.74 Å². The molecule has 3 rings (SSSR count).